The summed E-state index contributed by atoms with van der Waals surface area (Å²) in [6.45, 7) is 1.11. The molecule has 0 bridgehead atoms. The number of benzene rings is 1. The molecule has 1 fully saturated rings. The fourth-order valence-electron chi connectivity index (χ4n) is 2.02. The summed E-state index contributed by atoms with van der Waals surface area (Å²) in [6.07, 6.45) is 1.66. The highest BCUT2D eigenvalue weighted by Gasteiger charge is 2.32. The highest BCUT2D eigenvalue weighted by molar-refractivity contribution is 9.10. The van der Waals surface area contributed by atoms with Gasteiger partial charge in [0.2, 0.25) is 5.88 Å². The number of likely N-dealkylation sites (tertiary alicyclic amines) is 1. The number of aromatic nitrogens is 1. The van der Waals surface area contributed by atoms with Gasteiger partial charge in [0.25, 0.3) is 0 Å². The van der Waals surface area contributed by atoms with E-state index in [4.69, 9.17) is 4.74 Å². The van der Waals surface area contributed by atoms with Crippen LogP contribution in [0, 0.1) is 0 Å². The number of nitrogens with zero attached hydrogens (tertiary/aromatic N) is 2. The second-order valence-corrected chi connectivity index (χ2v) is 5.59. The molecule has 3 rings (SSSR count). The Balaban J connectivity index is 1.49. The van der Waals surface area contributed by atoms with Crippen molar-refractivity contribution in [3.05, 3.63) is 53.1 Å². The summed E-state index contributed by atoms with van der Waals surface area (Å²) in [5.41, 5.74) is 0.791. The minimum atomic E-state index is -0.110. The Morgan fingerprint density at radius 2 is 2.00 bits per heavy atom. The van der Waals surface area contributed by atoms with Gasteiger partial charge in [0.1, 0.15) is 6.10 Å². The van der Waals surface area contributed by atoms with Gasteiger partial charge >= 0.3 is 6.03 Å². The molecule has 1 aliphatic rings. The smallest absolute Gasteiger partial charge is 0.322 e. The van der Waals surface area contributed by atoms with Crippen LogP contribution >= 0.6 is 15.9 Å². The largest absolute Gasteiger partial charge is 0.470 e. The molecule has 0 aliphatic carbocycles. The number of carbonyl (C=O) groups excluding carboxylic acids is 1. The lowest BCUT2D eigenvalue weighted by molar-refractivity contribution is 0.0455. The van der Waals surface area contributed by atoms with Crippen LogP contribution in [0.25, 0.3) is 0 Å². The van der Waals surface area contributed by atoms with Gasteiger partial charge in [0.05, 0.1) is 17.6 Å². The summed E-state index contributed by atoms with van der Waals surface area (Å²) in [5, 5.41) is 2.85. The Hall–Kier alpha value is -2.08. The van der Waals surface area contributed by atoms with Crippen molar-refractivity contribution in [1.29, 1.82) is 0 Å². The van der Waals surface area contributed by atoms with Crippen molar-refractivity contribution in [1.82, 2.24) is 9.88 Å². The molecular weight excluding hydrogens is 334 g/mol. The van der Waals surface area contributed by atoms with Crippen LogP contribution in [-0.4, -0.2) is 35.1 Å². The van der Waals surface area contributed by atoms with E-state index in [1.807, 2.05) is 42.5 Å². The Kier molecular flexibility index (Phi) is 4.06. The van der Waals surface area contributed by atoms with Gasteiger partial charge in [0.15, 0.2) is 0 Å². The summed E-state index contributed by atoms with van der Waals surface area (Å²) in [4.78, 5) is 17.8. The number of anilines is 1. The quantitative estimate of drug-likeness (QED) is 0.927. The third-order valence-corrected chi connectivity index (χ3v) is 3.77. The van der Waals surface area contributed by atoms with Crippen LogP contribution in [0.4, 0.5) is 10.5 Å². The first-order valence-electron chi connectivity index (χ1n) is 6.60. The topological polar surface area (TPSA) is 54.5 Å². The summed E-state index contributed by atoms with van der Waals surface area (Å²) in [6, 6.07) is 13.0. The number of pyridine rings is 1. The maximum Gasteiger partial charge on any atom is 0.322 e. The van der Waals surface area contributed by atoms with Gasteiger partial charge in [-0.1, -0.05) is 18.2 Å². The monoisotopic (exact) mass is 347 g/mol. The number of rotatable bonds is 3. The molecule has 21 heavy (non-hydrogen) atoms. The lowest BCUT2D eigenvalue weighted by Gasteiger charge is -2.38. The van der Waals surface area contributed by atoms with E-state index in [1.165, 1.54) is 0 Å². The van der Waals surface area contributed by atoms with Crippen molar-refractivity contribution < 1.29 is 9.53 Å². The molecule has 0 spiro atoms. The first-order valence-corrected chi connectivity index (χ1v) is 7.40. The number of ether oxygens (including phenoxy) is 1. The van der Waals surface area contributed by atoms with Crippen LogP contribution in [0.1, 0.15) is 0 Å². The van der Waals surface area contributed by atoms with E-state index < -0.39 is 0 Å². The van der Waals surface area contributed by atoms with E-state index in [1.54, 1.807) is 11.1 Å². The molecule has 108 valence electrons. The molecule has 0 saturated carbocycles. The number of halogens is 1. The van der Waals surface area contributed by atoms with Gasteiger partial charge < -0.3 is 15.0 Å². The van der Waals surface area contributed by atoms with E-state index in [0.717, 1.165) is 10.2 Å². The minimum Gasteiger partial charge on any atom is -0.470 e. The predicted octanol–water partition coefficient (Wildman–Crippen LogP) is 3.14. The molecule has 5 nitrogen and oxygen atoms in total. The molecule has 0 radical (unpaired) electrons. The van der Waals surface area contributed by atoms with E-state index in [0.29, 0.717) is 19.0 Å². The Morgan fingerprint density at radius 3 is 2.71 bits per heavy atom. The summed E-state index contributed by atoms with van der Waals surface area (Å²) in [7, 11) is 0. The van der Waals surface area contributed by atoms with Gasteiger partial charge in [-0.25, -0.2) is 9.78 Å². The minimum absolute atomic E-state index is 0.0160. The van der Waals surface area contributed by atoms with Crippen LogP contribution in [0.5, 0.6) is 5.88 Å². The fourth-order valence-corrected chi connectivity index (χ4v) is 2.37. The van der Waals surface area contributed by atoms with Crippen molar-refractivity contribution in [3.8, 4) is 5.88 Å². The summed E-state index contributed by atoms with van der Waals surface area (Å²) < 4.78 is 6.55. The van der Waals surface area contributed by atoms with E-state index >= 15 is 0 Å². The molecule has 1 aromatic carbocycles. The molecule has 0 unspecified atom stereocenters. The van der Waals surface area contributed by atoms with Crippen LogP contribution in [0.2, 0.25) is 0 Å². The standard InChI is InChI=1S/C15H14BrN3O2/c16-13-7-4-8-17-14(13)21-12-9-19(10-12)15(20)18-11-5-2-1-3-6-11/h1-8,12H,9-10H2,(H,18,20). The first-order chi connectivity index (χ1) is 10.2. The van der Waals surface area contributed by atoms with Crippen molar-refractivity contribution in [3.63, 3.8) is 0 Å². The van der Waals surface area contributed by atoms with Crippen LogP contribution < -0.4 is 10.1 Å². The second kappa shape index (κ2) is 6.13. The molecule has 2 aromatic rings. The van der Waals surface area contributed by atoms with E-state index in [2.05, 4.69) is 26.2 Å². The van der Waals surface area contributed by atoms with E-state index in [9.17, 15) is 4.79 Å². The van der Waals surface area contributed by atoms with Gasteiger partial charge in [-0.05, 0) is 40.2 Å². The van der Waals surface area contributed by atoms with Crippen LogP contribution in [-0.2, 0) is 0 Å². The predicted molar refractivity (Wildman–Crippen MR) is 83.4 cm³/mol. The fraction of sp³-hybridized carbons (Fsp3) is 0.200. The number of amides is 2. The summed E-state index contributed by atoms with van der Waals surface area (Å²) in [5.74, 6) is 0.561. The van der Waals surface area contributed by atoms with Crippen LogP contribution in [0.15, 0.2) is 53.1 Å². The highest BCUT2D eigenvalue weighted by Crippen LogP contribution is 2.24. The number of para-hydroxylation sites is 1. The maximum atomic E-state index is 12.0. The van der Waals surface area contributed by atoms with Gasteiger partial charge in [-0.2, -0.15) is 0 Å². The second-order valence-electron chi connectivity index (χ2n) is 4.73. The molecule has 1 aliphatic heterocycles. The average molecular weight is 348 g/mol. The molecular formula is C15H14BrN3O2. The highest BCUT2D eigenvalue weighted by atomic mass is 79.9. The van der Waals surface area contributed by atoms with Gasteiger partial charge in [-0.15, -0.1) is 0 Å². The number of carbonyl (C=O) groups is 1. The van der Waals surface area contributed by atoms with E-state index in [-0.39, 0.29) is 12.1 Å². The Labute approximate surface area is 131 Å². The zero-order chi connectivity index (χ0) is 14.7. The molecule has 2 heterocycles. The van der Waals surface area contributed by atoms with Crippen molar-refractivity contribution in [2.24, 2.45) is 0 Å². The lowest BCUT2D eigenvalue weighted by Crippen LogP contribution is -2.57. The number of hydrogen-bond donors (Lipinski definition) is 1. The van der Waals surface area contributed by atoms with Crippen LogP contribution in [0.3, 0.4) is 0 Å². The summed E-state index contributed by atoms with van der Waals surface area (Å²) >= 11 is 3.39. The van der Waals surface area contributed by atoms with Gasteiger partial charge in [-0.3, -0.25) is 0 Å². The number of urea groups is 1. The molecule has 1 aromatic heterocycles. The third kappa shape index (κ3) is 3.33. The Morgan fingerprint density at radius 1 is 1.24 bits per heavy atom. The normalized spacial score (nSPS) is 14.4. The maximum absolute atomic E-state index is 12.0. The average Bonchev–Trinajstić information content (AvgIpc) is 2.45. The van der Waals surface area contributed by atoms with Crippen molar-refractivity contribution in [2.75, 3.05) is 18.4 Å². The number of nitrogens with one attached hydrogen (secondary N) is 1. The molecule has 0 atom stereocenters. The van der Waals surface area contributed by atoms with Crippen molar-refractivity contribution >= 4 is 27.6 Å². The van der Waals surface area contributed by atoms with Gasteiger partial charge in [0, 0.05) is 11.9 Å². The molecule has 6 heteroatoms. The zero-order valence-corrected chi connectivity index (χ0v) is 12.8. The number of hydrogen-bond acceptors (Lipinski definition) is 3. The molecule has 1 saturated heterocycles. The zero-order valence-electron chi connectivity index (χ0n) is 11.2. The third-order valence-electron chi connectivity index (χ3n) is 3.16. The molecule has 1 N–H and O–H groups in total. The SMILES string of the molecule is O=C(Nc1ccccc1)N1CC(Oc2ncccc2Br)C1. The first kappa shape index (κ1) is 13.9. The lowest BCUT2D eigenvalue weighted by atomic mass is 10.2. The Bertz CT molecular complexity index is 630. The van der Waals surface area contributed by atoms with Crippen molar-refractivity contribution in [2.45, 2.75) is 6.10 Å². The molecule has 2 amide bonds.